The average molecular weight is 371 g/mol. The fraction of sp³-hybridized carbons (Fsp3) is 0.158. The molecule has 6 heteroatoms. The smallest absolute Gasteiger partial charge is 0.205 e. The molecule has 1 aromatic heterocycles. The zero-order valence-corrected chi connectivity index (χ0v) is 15.1. The van der Waals surface area contributed by atoms with E-state index in [0.717, 1.165) is 28.2 Å². The molecule has 0 aliphatic carbocycles. The number of hydrogen-bond donors (Lipinski definition) is 1. The first-order chi connectivity index (χ1) is 12.2. The molecular formula is C19H15ClN2O2S. The summed E-state index contributed by atoms with van der Waals surface area (Å²) in [5.41, 5.74) is 2.72. The van der Waals surface area contributed by atoms with E-state index in [-0.39, 0.29) is 0 Å². The molecule has 2 aromatic carbocycles. The van der Waals surface area contributed by atoms with Gasteiger partial charge >= 0.3 is 0 Å². The molecule has 3 aromatic rings. The molecule has 0 spiro atoms. The summed E-state index contributed by atoms with van der Waals surface area (Å²) in [6, 6.07) is 13.3. The molecule has 0 fully saturated rings. The lowest BCUT2D eigenvalue weighted by atomic mass is 10.0. The van der Waals surface area contributed by atoms with E-state index in [2.05, 4.69) is 9.97 Å². The highest BCUT2D eigenvalue weighted by molar-refractivity contribution is 7.71. The average Bonchev–Trinajstić information content (AvgIpc) is 2.61. The second-order valence-corrected chi connectivity index (χ2v) is 6.48. The summed E-state index contributed by atoms with van der Waals surface area (Å²) < 4.78 is 12.2. The van der Waals surface area contributed by atoms with Gasteiger partial charge in [-0.05, 0) is 37.3 Å². The molecular weight excluding hydrogens is 356 g/mol. The molecule has 4 nitrogen and oxygen atoms in total. The van der Waals surface area contributed by atoms with Gasteiger partial charge in [-0.15, -0.1) is 0 Å². The maximum absolute atomic E-state index is 6.08. The minimum absolute atomic E-state index is 0.515. The summed E-state index contributed by atoms with van der Waals surface area (Å²) in [5, 5.41) is 0.677. The second kappa shape index (κ2) is 6.50. The van der Waals surface area contributed by atoms with Crippen LogP contribution in [0, 0.1) is 4.64 Å². The van der Waals surface area contributed by atoms with E-state index in [1.165, 1.54) is 0 Å². The molecule has 0 radical (unpaired) electrons. The van der Waals surface area contributed by atoms with E-state index in [1.54, 1.807) is 0 Å². The van der Waals surface area contributed by atoms with Gasteiger partial charge in [0.2, 0.25) is 5.88 Å². The van der Waals surface area contributed by atoms with Gasteiger partial charge in [-0.2, -0.15) is 0 Å². The van der Waals surface area contributed by atoms with Crippen LogP contribution in [-0.2, 0) is 6.42 Å². The van der Waals surface area contributed by atoms with Gasteiger partial charge in [0.1, 0.15) is 22.0 Å². The Labute approximate surface area is 155 Å². The molecule has 1 aliphatic rings. The quantitative estimate of drug-likeness (QED) is 0.480. The number of hydrogen-bond acceptors (Lipinski definition) is 4. The van der Waals surface area contributed by atoms with Gasteiger partial charge in [-0.1, -0.05) is 36.0 Å². The Bertz CT molecular complexity index is 1020. The maximum Gasteiger partial charge on any atom is 0.205 e. The summed E-state index contributed by atoms with van der Waals surface area (Å²) in [6.45, 7) is 2.53. The molecule has 0 saturated heterocycles. The van der Waals surface area contributed by atoms with Crippen molar-refractivity contribution in [2.45, 2.75) is 13.3 Å². The lowest BCUT2D eigenvalue weighted by Crippen LogP contribution is -2.08. The molecule has 0 saturated carbocycles. The number of halogens is 1. The van der Waals surface area contributed by atoms with Crippen LogP contribution in [0.5, 0.6) is 17.4 Å². The molecule has 1 N–H and O–H groups in total. The van der Waals surface area contributed by atoms with Gasteiger partial charge in [0, 0.05) is 17.0 Å². The van der Waals surface area contributed by atoms with E-state index in [0.29, 0.717) is 34.4 Å². The molecule has 0 amide bonds. The number of fused-ring (bicyclic) bond motifs is 2. The number of benzene rings is 2. The highest BCUT2D eigenvalue weighted by atomic mass is 35.5. The zero-order valence-electron chi connectivity index (χ0n) is 13.5. The topological polar surface area (TPSA) is 47.1 Å². The third kappa shape index (κ3) is 3.01. The van der Waals surface area contributed by atoms with Crippen LogP contribution in [0.1, 0.15) is 18.1 Å². The molecule has 4 rings (SSSR count). The standard InChI is InChI=1S/C19H15ClN2O2S/c1-2-23-16-6-4-3-5-13(16)17-21-18-14(19(25)22-17)10-11-9-12(20)7-8-15(11)24-18/h3-9H,2,10H2,1H3,(H,21,22,25). The Hall–Kier alpha value is -2.37. The molecule has 0 atom stereocenters. The van der Waals surface area contributed by atoms with Crippen molar-refractivity contribution in [2.24, 2.45) is 0 Å². The number of rotatable bonds is 3. The SMILES string of the molecule is CCOc1ccccc1-c1nc(=S)c2c([nH]1)Oc1ccc(Cl)cc1C2. The van der Waals surface area contributed by atoms with Crippen LogP contribution in [0.3, 0.4) is 0 Å². The van der Waals surface area contributed by atoms with Crippen molar-refractivity contribution in [1.82, 2.24) is 9.97 Å². The monoisotopic (exact) mass is 370 g/mol. The summed E-state index contributed by atoms with van der Waals surface area (Å²) in [5.74, 6) is 2.78. The first-order valence-electron chi connectivity index (χ1n) is 7.97. The van der Waals surface area contributed by atoms with Gasteiger partial charge in [0.25, 0.3) is 0 Å². The van der Waals surface area contributed by atoms with Crippen molar-refractivity contribution >= 4 is 23.8 Å². The number of aromatic amines is 1. The summed E-state index contributed by atoms with van der Waals surface area (Å²) in [4.78, 5) is 7.82. The lowest BCUT2D eigenvalue weighted by molar-refractivity contribution is 0.341. The van der Waals surface area contributed by atoms with Crippen LogP contribution >= 0.6 is 23.8 Å². The predicted octanol–water partition coefficient (Wildman–Crippen LogP) is 5.55. The fourth-order valence-electron chi connectivity index (χ4n) is 2.88. The third-order valence-electron chi connectivity index (χ3n) is 4.02. The fourth-order valence-corrected chi connectivity index (χ4v) is 3.33. The van der Waals surface area contributed by atoms with E-state index < -0.39 is 0 Å². The van der Waals surface area contributed by atoms with Gasteiger partial charge in [0.05, 0.1) is 17.7 Å². The van der Waals surface area contributed by atoms with Crippen molar-refractivity contribution in [3.8, 4) is 28.8 Å². The van der Waals surface area contributed by atoms with Gasteiger partial charge in [-0.3, -0.25) is 0 Å². The number of para-hydroxylation sites is 1. The van der Waals surface area contributed by atoms with Crippen molar-refractivity contribution in [3.05, 3.63) is 63.3 Å². The van der Waals surface area contributed by atoms with Crippen LogP contribution < -0.4 is 9.47 Å². The van der Waals surface area contributed by atoms with E-state index >= 15 is 0 Å². The first kappa shape index (κ1) is 16.1. The Morgan fingerprint density at radius 1 is 1.28 bits per heavy atom. The minimum Gasteiger partial charge on any atom is -0.493 e. The van der Waals surface area contributed by atoms with E-state index in [9.17, 15) is 0 Å². The normalized spacial score (nSPS) is 12.1. The van der Waals surface area contributed by atoms with Crippen molar-refractivity contribution < 1.29 is 9.47 Å². The minimum atomic E-state index is 0.515. The Balaban J connectivity index is 1.81. The van der Waals surface area contributed by atoms with Crippen molar-refractivity contribution in [2.75, 3.05) is 6.61 Å². The van der Waals surface area contributed by atoms with Crippen molar-refractivity contribution in [3.63, 3.8) is 0 Å². The number of ether oxygens (including phenoxy) is 2. The molecule has 126 valence electrons. The highest BCUT2D eigenvalue weighted by Crippen LogP contribution is 2.38. The Morgan fingerprint density at radius 2 is 2.12 bits per heavy atom. The molecule has 0 unspecified atom stereocenters. The highest BCUT2D eigenvalue weighted by Gasteiger charge is 2.21. The number of H-pyrrole nitrogens is 1. The largest absolute Gasteiger partial charge is 0.493 e. The molecule has 0 bridgehead atoms. The van der Waals surface area contributed by atoms with Crippen LogP contribution in [0.2, 0.25) is 5.02 Å². The van der Waals surface area contributed by atoms with Crippen LogP contribution in [0.25, 0.3) is 11.4 Å². The van der Waals surface area contributed by atoms with E-state index in [4.69, 9.17) is 33.3 Å². The van der Waals surface area contributed by atoms with Gasteiger partial charge in [0.15, 0.2) is 0 Å². The third-order valence-corrected chi connectivity index (χ3v) is 4.59. The molecule has 2 heterocycles. The van der Waals surface area contributed by atoms with Crippen LogP contribution in [0.4, 0.5) is 0 Å². The molecule has 1 aliphatic heterocycles. The summed E-state index contributed by atoms with van der Waals surface area (Å²) >= 11 is 11.6. The second-order valence-electron chi connectivity index (χ2n) is 5.66. The number of nitrogens with zero attached hydrogens (tertiary/aromatic N) is 1. The first-order valence-corrected chi connectivity index (χ1v) is 8.76. The van der Waals surface area contributed by atoms with Crippen LogP contribution in [0.15, 0.2) is 42.5 Å². The number of aromatic nitrogens is 2. The summed E-state index contributed by atoms with van der Waals surface area (Å²) in [7, 11) is 0. The maximum atomic E-state index is 6.08. The van der Waals surface area contributed by atoms with Crippen molar-refractivity contribution in [1.29, 1.82) is 0 Å². The Morgan fingerprint density at radius 3 is 2.96 bits per heavy atom. The molecule has 25 heavy (non-hydrogen) atoms. The lowest BCUT2D eigenvalue weighted by Gasteiger charge is -2.21. The van der Waals surface area contributed by atoms with Gasteiger partial charge in [-0.25, -0.2) is 4.98 Å². The zero-order chi connectivity index (χ0) is 17.4. The predicted molar refractivity (Wildman–Crippen MR) is 100 cm³/mol. The van der Waals surface area contributed by atoms with E-state index in [1.807, 2.05) is 49.4 Å². The van der Waals surface area contributed by atoms with Crippen LogP contribution in [-0.4, -0.2) is 16.6 Å². The Kier molecular flexibility index (Phi) is 4.19. The van der Waals surface area contributed by atoms with Gasteiger partial charge < -0.3 is 14.5 Å². The summed E-state index contributed by atoms with van der Waals surface area (Å²) in [6.07, 6.45) is 0.640. The number of nitrogens with one attached hydrogen (secondary N) is 1.